The van der Waals surface area contributed by atoms with Gasteiger partial charge >= 0.3 is 5.97 Å². The standard InChI is InChI=1S/C13H15ClN2O3/c1-4-5-10(13(18)19)15-12(17)11-6-9(14)7-16(11)8(2)3/h1,6-8,10H,5H2,2-3H3,(H,15,17)(H,18,19). The summed E-state index contributed by atoms with van der Waals surface area (Å²) < 4.78 is 1.67. The van der Waals surface area contributed by atoms with Crippen LogP contribution in [0.15, 0.2) is 12.3 Å². The molecule has 19 heavy (non-hydrogen) atoms. The van der Waals surface area contributed by atoms with Gasteiger partial charge in [0.25, 0.3) is 5.91 Å². The van der Waals surface area contributed by atoms with E-state index in [4.69, 9.17) is 23.1 Å². The summed E-state index contributed by atoms with van der Waals surface area (Å²) >= 11 is 5.86. The molecule has 2 N–H and O–H groups in total. The molecule has 1 aromatic heterocycles. The van der Waals surface area contributed by atoms with Crippen LogP contribution >= 0.6 is 11.6 Å². The second-order valence-corrected chi connectivity index (χ2v) is 4.75. The zero-order valence-electron chi connectivity index (χ0n) is 10.7. The van der Waals surface area contributed by atoms with Crippen LogP contribution in [0.3, 0.4) is 0 Å². The number of nitrogens with zero attached hydrogens (tertiary/aromatic N) is 1. The van der Waals surface area contributed by atoms with Crippen LogP contribution in [-0.2, 0) is 4.79 Å². The molecule has 0 aliphatic rings. The van der Waals surface area contributed by atoms with Crippen LogP contribution in [0.25, 0.3) is 0 Å². The van der Waals surface area contributed by atoms with Gasteiger partial charge in [-0.2, -0.15) is 0 Å². The van der Waals surface area contributed by atoms with Gasteiger partial charge in [-0.1, -0.05) is 11.6 Å². The first-order chi connectivity index (χ1) is 8.86. The largest absolute Gasteiger partial charge is 0.480 e. The third kappa shape index (κ3) is 3.76. The maximum Gasteiger partial charge on any atom is 0.327 e. The Labute approximate surface area is 116 Å². The molecule has 0 spiro atoms. The predicted octanol–water partition coefficient (Wildman–Crippen LogP) is 1.93. The molecule has 1 atom stereocenters. The summed E-state index contributed by atoms with van der Waals surface area (Å²) in [6, 6.07) is 0.419. The fraction of sp³-hybridized carbons (Fsp3) is 0.385. The van der Waals surface area contributed by atoms with E-state index in [2.05, 4.69) is 11.2 Å². The number of hydrogen-bond donors (Lipinski definition) is 2. The van der Waals surface area contributed by atoms with Crippen LogP contribution in [-0.4, -0.2) is 27.6 Å². The minimum Gasteiger partial charge on any atom is -0.480 e. The quantitative estimate of drug-likeness (QED) is 0.811. The highest BCUT2D eigenvalue weighted by molar-refractivity contribution is 6.31. The highest BCUT2D eigenvalue weighted by Gasteiger charge is 2.22. The van der Waals surface area contributed by atoms with Crippen molar-refractivity contribution in [3.05, 3.63) is 23.0 Å². The van der Waals surface area contributed by atoms with Crippen molar-refractivity contribution in [3.63, 3.8) is 0 Å². The van der Waals surface area contributed by atoms with Crippen LogP contribution in [0.4, 0.5) is 0 Å². The van der Waals surface area contributed by atoms with Gasteiger partial charge < -0.3 is 15.0 Å². The summed E-state index contributed by atoms with van der Waals surface area (Å²) in [6.07, 6.45) is 6.62. The molecule has 1 unspecified atom stereocenters. The van der Waals surface area contributed by atoms with Gasteiger partial charge in [0.05, 0.1) is 5.02 Å². The summed E-state index contributed by atoms with van der Waals surface area (Å²) in [5.41, 5.74) is 0.309. The molecule has 0 bridgehead atoms. The number of carboxylic acid groups (broad SMARTS) is 1. The number of halogens is 1. The number of carboxylic acids is 1. The number of rotatable bonds is 5. The minimum atomic E-state index is -1.17. The Hall–Kier alpha value is -1.93. The van der Waals surface area contributed by atoms with Crippen molar-refractivity contribution in [2.75, 3.05) is 0 Å². The molecular formula is C13H15ClN2O3. The summed E-state index contributed by atoms with van der Waals surface area (Å²) in [7, 11) is 0. The molecule has 5 nitrogen and oxygen atoms in total. The third-order valence-corrected chi connectivity index (χ3v) is 2.74. The van der Waals surface area contributed by atoms with E-state index in [0.29, 0.717) is 10.7 Å². The van der Waals surface area contributed by atoms with Crippen molar-refractivity contribution in [2.24, 2.45) is 0 Å². The Kier molecular flexibility index (Phi) is 5.02. The van der Waals surface area contributed by atoms with Gasteiger partial charge in [0, 0.05) is 18.7 Å². The first-order valence-corrected chi connectivity index (χ1v) is 6.09. The SMILES string of the molecule is C#CCC(NC(=O)c1cc(Cl)cn1C(C)C)C(=O)O. The van der Waals surface area contributed by atoms with E-state index in [9.17, 15) is 9.59 Å². The van der Waals surface area contributed by atoms with Gasteiger partial charge in [0.15, 0.2) is 0 Å². The lowest BCUT2D eigenvalue weighted by molar-refractivity contribution is -0.139. The molecule has 0 radical (unpaired) electrons. The highest BCUT2D eigenvalue weighted by atomic mass is 35.5. The molecule has 0 aliphatic heterocycles. The van der Waals surface area contributed by atoms with E-state index in [1.165, 1.54) is 6.07 Å². The Balaban J connectivity index is 2.95. The molecule has 0 saturated heterocycles. The first-order valence-electron chi connectivity index (χ1n) is 5.71. The zero-order valence-corrected chi connectivity index (χ0v) is 11.4. The van der Waals surface area contributed by atoms with Crippen LogP contribution in [0.1, 0.15) is 36.8 Å². The van der Waals surface area contributed by atoms with E-state index < -0.39 is 17.9 Å². The molecule has 1 aromatic rings. The fourth-order valence-electron chi connectivity index (χ4n) is 1.60. The van der Waals surface area contributed by atoms with Crippen molar-refractivity contribution in [2.45, 2.75) is 32.4 Å². The number of aromatic nitrogens is 1. The van der Waals surface area contributed by atoms with E-state index in [1.54, 1.807) is 10.8 Å². The van der Waals surface area contributed by atoms with Gasteiger partial charge in [-0.15, -0.1) is 12.3 Å². The number of terminal acetylenes is 1. The molecule has 102 valence electrons. The van der Waals surface area contributed by atoms with Gasteiger partial charge in [-0.05, 0) is 19.9 Å². The van der Waals surface area contributed by atoms with Crippen molar-refractivity contribution in [1.82, 2.24) is 9.88 Å². The van der Waals surface area contributed by atoms with Gasteiger partial charge in [-0.3, -0.25) is 4.79 Å². The predicted molar refractivity (Wildman–Crippen MR) is 72.2 cm³/mol. The smallest absolute Gasteiger partial charge is 0.327 e. The highest BCUT2D eigenvalue weighted by Crippen LogP contribution is 2.18. The van der Waals surface area contributed by atoms with Crippen molar-refractivity contribution >= 4 is 23.5 Å². The third-order valence-electron chi connectivity index (χ3n) is 2.53. The molecule has 0 fully saturated rings. The zero-order chi connectivity index (χ0) is 14.6. The van der Waals surface area contributed by atoms with Crippen molar-refractivity contribution in [1.29, 1.82) is 0 Å². The summed E-state index contributed by atoms with van der Waals surface area (Å²) in [5, 5.41) is 11.7. The van der Waals surface area contributed by atoms with Gasteiger partial charge in [0.2, 0.25) is 0 Å². The topological polar surface area (TPSA) is 71.3 Å². The molecule has 1 rings (SSSR count). The fourth-order valence-corrected chi connectivity index (χ4v) is 1.81. The molecule has 1 amide bonds. The number of nitrogens with one attached hydrogen (secondary N) is 1. The Bertz CT molecular complexity index is 528. The molecular weight excluding hydrogens is 268 g/mol. The number of aliphatic carboxylic acids is 1. The van der Waals surface area contributed by atoms with Crippen LogP contribution < -0.4 is 5.32 Å². The van der Waals surface area contributed by atoms with Gasteiger partial charge in [0.1, 0.15) is 11.7 Å². The maximum atomic E-state index is 12.1. The van der Waals surface area contributed by atoms with E-state index in [1.807, 2.05) is 13.8 Å². The summed E-state index contributed by atoms with van der Waals surface area (Å²) in [4.78, 5) is 23.0. The first kappa shape index (κ1) is 15.1. The lowest BCUT2D eigenvalue weighted by atomic mass is 10.2. The van der Waals surface area contributed by atoms with Crippen LogP contribution in [0, 0.1) is 12.3 Å². The number of carbonyl (C=O) groups is 2. The molecule has 1 heterocycles. The lowest BCUT2D eigenvalue weighted by Gasteiger charge is -2.15. The van der Waals surface area contributed by atoms with Crippen molar-refractivity contribution in [3.8, 4) is 12.3 Å². The van der Waals surface area contributed by atoms with E-state index >= 15 is 0 Å². The molecule has 6 heteroatoms. The average molecular weight is 283 g/mol. The Morgan fingerprint density at radius 3 is 2.68 bits per heavy atom. The Morgan fingerprint density at radius 2 is 2.21 bits per heavy atom. The minimum absolute atomic E-state index is 0.0316. The average Bonchev–Trinajstić information content (AvgIpc) is 2.70. The van der Waals surface area contributed by atoms with E-state index in [0.717, 1.165) is 0 Å². The maximum absolute atomic E-state index is 12.1. The normalized spacial score (nSPS) is 11.9. The number of hydrogen-bond acceptors (Lipinski definition) is 2. The second-order valence-electron chi connectivity index (χ2n) is 4.32. The monoisotopic (exact) mass is 282 g/mol. The molecule has 0 aromatic carbocycles. The summed E-state index contributed by atoms with van der Waals surface area (Å²) in [6.45, 7) is 3.78. The Morgan fingerprint density at radius 1 is 1.58 bits per heavy atom. The number of amides is 1. The van der Waals surface area contributed by atoms with Crippen molar-refractivity contribution < 1.29 is 14.7 Å². The number of carbonyl (C=O) groups excluding carboxylic acids is 1. The summed E-state index contributed by atoms with van der Waals surface area (Å²) in [5.74, 6) is 0.543. The lowest BCUT2D eigenvalue weighted by Crippen LogP contribution is -2.41. The van der Waals surface area contributed by atoms with Gasteiger partial charge in [-0.25, -0.2) is 4.79 Å². The second kappa shape index (κ2) is 6.30. The van der Waals surface area contributed by atoms with Crippen LogP contribution in [0.5, 0.6) is 0 Å². The van der Waals surface area contributed by atoms with E-state index in [-0.39, 0.29) is 12.5 Å². The molecule has 0 saturated carbocycles. The van der Waals surface area contributed by atoms with Crippen LogP contribution in [0.2, 0.25) is 5.02 Å². The molecule has 0 aliphatic carbocycles.